The molecule has 9 heteroatoms. The standard InChI is InChI=1S/C15H20N2O2.ClHO4/c1-10-7-11-8-14(18-2)15(19-3)9-12(11)13-5-4-6-16-17(10)13;2-1(3,4)5/h7-10,16H,4-6H2,1-3H3;(H,2,3,4,5). The molecule has 1 atom stereocenters. The van der Waals surface area contributed by atoms with Gasteiger partial charge in [-0.05, 0) is 36.8 Å². The first-order valence-electron chi connectivity index (χ1n) is 7.45. The molecule has 2 heterocycles. The molecular formula is C15H21ClN2O6. The molecule has 134 valence electrons. The van der Waals surface area contributed by atoms with E-state index in [1.165, 1.54) is 29.1 Å². The number of quaternary nitrogens is 1. The number of nitrogens with zero attached hydrogens (tertiary/aromatic N) is 1. The molecule has 0 aliphatic carbocycles. The van der Waals surface area contributed by atoms with Gasteiger partial charge >= 0.3 is 0 Å². The van der Waals surface area contributed by atoms with Crippen LogP contribution in [0.1, 0.15) is 19.8 Å². The summed E-state index contributed by atoms with van der Waals surface area (Å²) in [7, 11) is -1.57. The van der Waals surface area contributed by atoms with Crippen molar-refractivity contribution in [3.63, 3.8) is 0 Å². The summed E-state index contributed by atoms with van der Waals surface area (Å²) in [5, 5.41) is 4.94. The number of nitrogens with two attached hydrogens (primary N) is 1. The molecule has 1 aromatic rings. The van der Waals surface area contributed by atoms with Gasteiger partial charge in [0.1, 0.15) is 0 Å². The van der Waals surface area contributed by atoms with E-state index in [1.807, 2.05) is 0 Å². The molecule has 0 amide bonds. The van der Waals surface area contributed by atoms with Gasteiger partial charge in [-0.1, -0.05) is 0 Å². The van der Waals surface area contributed by atoms with E-state index in [-0.39, 0.29) is 0 Å². The average molecular weight is 361 g/mol. The maximum atomic E-state index is 8.49. The Bertz CT molecular complexity index is 697. The second-order valence-corrected chi connectivity index (χ2v) is 6.26. The van der Waals surface area contributed by atoms with E-state index in [4.69, 9.17) is 28.1 Å². The quantitative estimate of drug-likeness (QED) is 0.521. The molecule has 1 unspecified atom stereocenters. The van der Waals surface area contributed by atoms with Crippen LogP contribution in [0.5, 0.6) is 11.5 Å². The molecule has 1 fully saturated rings. The highest BCUT2D eigenvalue weighted by Crippen LogP contribution is 2.24. The van der Waals surface area contributed by atoms with Crippen LogP contribution >= 0.6 is 0 Å². The SMILES string of the molecule is COc1cc2c(cc1OC)=C1CCC[NH2+]N1C(C)C=2.[O-][Cl+3]([O-])([O-])[O-]. The molecule has 2 aliphatic rings. The fourth-order valence-corrected chi connectivity index (χ4v) is 3.05. The van der Waals surface area contributed by atoms with Crippen molar-refractivity contribution in [2.75, 3.05) is 20.8 Å². The molecule has 2 aliphatic heterocycles. The number of ether oxygens (including phenoxy) is 2. The average Bonchev–Trinajstić information content (AvgIpc) is 2.52. The largest absolute Gasteiger partial charge is 0.493 e. The number of methoxy groups -OCH3 is 2. The predicted octanol–water partition coefficient (Wildman–Crippen LogP) is -5.19. The lowest BCUT2D eigenvalue weighted by molar-refractivity contribution is -2.00. The zero-order valence-electron chi connectivity index (χ0n) is 13.8. The van der Waals surface area contributed by atoms with Crippen LogP contribution < -0.4 is 44.0 Å². The van der Waals surface area contributed by atoms with Crippen molar-refractivity contribution in [3.8, 4) is 11.5 Å². The number of rotatable bonds is 2. The second kappa shape index (κ2) is 7.56. The molecular weight excluding hydrogens is 340 g/mol. The Morgan fingerprint density at radius 1 is 1.12 bits per heavy atom. The van der Waals surface area contributed by atoms with Crippen molar-refractivity contribution in [2.45, 2.75) is 25.8 Å². The number of hydrogen-bond donors (Lipinski definition) is 1. The van der Waals surface area contributed by atoms with Crippen molar-refractivity contribution in [3.05, 3.63) is 22.6 Å². The Balaban J connectivity index is 0.000000368. The normalized spacial score (nSPS) is 19.4. The molecule has 8 nitrogen and oxygen atoms in total. The van der Waals surface area contributed by atoms with E-state index < -0.39 is 10.2 Å². The third-order valence-corrected chi connectivity index (χ3v) is 3.98. The monoisotopic (exact) mass is 360 g/mol. The van der Waals surface area contributed by atoms with E-state index in [0.29, 0.717) is 6.04 Å². The summed E-state index contributed by atoms with van der Waals surface area (Å²) >= 11 is 0. The summed E-state index contributed by atoms with van der Waals surface area (Å²) in [5.74, 6) is 1.61. The highest BCUT2D eigenvalue weighted by Gasteiger charge is 2.26. The van der Waals surface area contributed by atoms with Crippen LogP contribution in [0.4, 0.5) is 0 Å². The van der Waals surface area contributed by atoms with Crippen LogP contribution in [0.15, 0.2) is 12.1 Å². The summed E-state index contributed by atoms with van der Waals surface area (Å²) in [5.41, 5.74) is 3.73. The molecule has 2 N–H and O–H groups in total. The van der Waals surface area contributed by atoms with Gasteiger partial charge in [-0.3, -0.25) is 0 Å². The van der Waals surface area contributed by atoms with E-state index in [9.17, 15) is 0 Å². The number of fused-ring (bicyclic) bond motifs is 2. The van der Waals surface area contributed by atoms with Crippen LogP contribution in [0.2, 0.25) is 0 Å². The fraction of sp³-hybridized carbons (Fsp3) is 0.467. The van der Waals surface area contributed by atoms with Gasteiger partial charge in [0.05, 0.1) is 32.5 Å². The third-order valence-electron chi connectivity index (χ3n) is 3.98. The smallest absolute Gasteiger partial charge is 0.161 e. The Labute approximate surface area is 141 Å². The number of halogens is 1. The van der Waals surface area contributed by atoms with Gasteiger partial charge in [0.25, 0.3) is 0 Å². The molecule has 1 saturated heterocycles. The Morgan fingerprint density at radius 3 is 2.29 bits per heavy atom. The zero-order chi connectivity index (χ0) is 17.9. The zero-order valence-corrected chi connectivity index (χ0v) is 14.5. The maximum Gasteiger partial charge on any atom is 0.161 e. The number of benzene rings is 1. The predicted molar refractivity (Wildman–Crippen MR) is 74.0 cm³/mol. The van der Waals surface area contributed by atoms with Gasteiger partial charge < -0.3 is 9.47 Å². The topological polar surface area (TPSA) is 131 Å². The molecule has 0 saturated carbocycles. The molecule has 24 heavy (non-hydrogen) atoms. The highest BCUT2D eigenvalue weighted by molar-refractivity contribution is 5.55. The van der Waals surface area contributed by atoms with E-state index >= 15 is 0 Å². The lowest BCUT2D eigenvalue weighted by Gasteiger charge is -2.34. The van der Waals surface area contributed by atoms with Gasteiger partial charge in [-0.25, -0.2) is 29.1 Å². The first-order chi connectivity index (χ1) is 11.2. The van der Waals surface area contributed by atoms with Gasteiger partial charge in [-0.2, -0.15) is 0 Å². The van der Waals surface area contributed by atoms with Crippen LogP contribution in [0, 0.1) is 10.2 Å². The van der Waals surface area contributed by atoms with Gasteiger partial charge in [0, 0.05) is 11.6 Å². The van der Waals surface area contributed by atoms with Crippen LogP contribution in [0.3, 0.4) is 0 Å². The minimum absolute atomic E-state index is 0.418. The van der Waals surface area contributed by atoms with Gasteiger partial charge in [0.15, 0.2) is 11.5 Å². The first kappa shape index (κ1) is 18.8. The Morgan fingerprint density at radius 2 is 1.71 bits per heavy atom. The van der Waals surface area contributed by atoms with Crippen molar-refractivity contribution < 1.29 is 43.8 Å². The van der Waals surface area contributed by atoms with Crippen molar-refractivity contribution in [1.29, 1.82) is 0 Å². The summed E-state index contributed by atoms with van der Waals surface area (Å²) in [4.78, 5) is 0. The van der Waals surface area contributed by atoms with Gasteiger partial charge in [-0.15, -0.1) is 10.2 Å². The fourth-order valence-electron chi connectivity index (χ4n) is 3.05. The first-order valence-corrected chi connectivity index (χ1v) is 8.68. The Hall–Kier alpha value is -1.55. The van der Waals surface area contributed by atoms with Gasteiger partial charge in [0.2, 0.25) is 0 Å². The summed E-state index contributed by atoms with van der Waals surface area (Å²) < 4.78 is 44.8. The Kier molecular flexibility index (Phi) is 5.92. The van der Waals surface area contributed by atoms with E-state index in [2.05, 4.69) is 35.6 Å². The van der Waals surface area contributed by atoms with Crippen LogP contribution in [-0.2, 0) is 0 Å². The maximum absolute atomic E-state index is 8.49. The molecule has 1 aromatic carbocycles. The summed E-state index contributed by atoms with van der Waals surface area (Å²) in [6.07, 6.45) is 4.66. The minimum Gasteiger partial charge on any atom is -0.493 e. The van der Waals surface area contributed by atoms with E-state index in [0.717, 1.165) is 17.9 Å². The van der Waals surface area contributed by atoms with E-state index in [1.54, 1.807) is 14.2 Å². The molecule has 0 bridgehead atoms. The van der Waals surface area contributed by atoms with Crippen molar-refractivity contribution >= 4 is 11.8 Å². The molecule has 0 radical (unpaired) electrons. The lowest BCUT2D eigenvalue weighted by atomic mass is 10.0. The van der Waals surface area contributed by atoms with Crippen LogP contribution in [0.25, 0.3) is 11.8 Å². The molecule has 0 spiro atoms. The van der Waals surface area contributed by atoms with Crippen LogP contribution in [-0.4, -0.2) is 31.8 Å². The van der Waals surface area contributed by atoms with Crippen molar-refractivity contribution in [1.82, 2.24) is 5.01 Å². The second-order valence-electron chi connectivity index (χ2n) is 5.51. The number of hydrogen-bond acceptors (Lipinski definition) is 7. The highest BCUT2D eigenvalue weighted by atomic mass is 35.7. The minimum atomic E-state index is -4.94. The molecule has 0 aromatic heterocycles. The lowest BCUT2D eigenvalue weighted by Crippen LogP contribution is -2.96. The molecule has 3 rings (SSSR count). The third kappa shape index (κ3) is 4.50. The summed E-state index contributed by atoms with van der Waals surface area (Å²) in [6, 6.07) is 4.61. The summed E-state index contributed by atoms with van der Waals surface area (Å²) in [6.45, 7) is 3.41. The van der Waals surface area contributed by atoms with Crippen molar-refractivity contribution in [2.24, 2.45) is 0 Å².